The second-order valence-electron chi connectivity index (χ2n) is 4.50. The number of piperidine rings is 1. The SMILES string of the molecule is O=Cc1ccc([N+](=O)[O-])c(N2CCCC(F)(F)C2)c1. The van der Waals surface area contributed by atoms with Gasteiger partial charge in [-0.1, -0.05) is 0 Å². The third-order valence-corrected chi connectivity index (χ3v) is 3.07. The maximum absolute atomic E-state index is 13.4. The molecule has 1 fully saturated rings. The largest absolute Gasteiger partial charge is 0.360 e. The first kappa shape index (κ1) is 13.4. The monoisotopic (exact) mass is 270 g/mol. The van der Waals surface area contributed by atoms with E-state index in [1.807, 2.05) is 0 Å². The smallest absolute Gasteiger partial charge is 0.292 e. The molecule has 0 spiro atoms. The van der Waals surface area contributed by atoms with Crippen molar-refractivity contribution < 1.29 is 18.5 Å². The summed E-state index contributed by atoms with van der Waals surface area (Å²) in [5, 5.41) is 10.9. The van der Waals surface area contributed by atoms with E-state index in [-0.39, 0.29) is 29.8 Å². The fraction of sp³-hybridized carbons (Fsp3) is 0.417. The number of carbonyl (C=O) groups is 1. The number of hydrogen-bond donors (Lipinski definition) is 0. The van der Waals surface area contributed by atoms with Crippen LogP contribution in [0.4, 0.5) is 20.2 Å². The minimum Gasteiger partial charge on any atom is -0.360 e. The standard InChI is InChI=1S/C12H12F2N2O3/c13-12(14)4-1-5-15(8-12)11-6-9(7-17)2-3-10(11)16(18)19/h2-3,6-7H,1,4-5,8H2. The molecule has 7 heteroatoms. The summed E-state index contributed by atoms with van der Waals surface area (Å²) in [6, 6.07) is 3.76. The molecule has 0 N–H and O–H groups in total. The Balaban J connectivity index is 2.41. The Bertz CT molecular complexity index is 520. The van der Waals surface area contributed by atoms with Crippen LogP contribution in [0.2, 0.25) is 0 Å². The molecule has 102 valence electrons. The zero-order valence-electron chi connectivity index (χ0n) is 10.0. The average molecular weight is 270 g/mol. The van der Waals surface area contributed by atoms with Gasteiger partial charge in [-0.2, -0.15) is 0 Å². The molecule has 5 nitrogen and oxygen atoms in total. The van der Waals surface area contributed by atoms with Gasteiger partial charge in [-0.15, -0.1) is 0 Å². The summed E-state index contributed by atoms with van der Waals surface area (Å²) >= 11 is 0. The fourth-order valence-electron chi connectivity index (χ4n) is 2.19. The van der Waals surface area contributed by atoms with Crippen LogP contribution < -0.4 is 4.90 Å². The second kappa shape index (κ2) is 4.91. The summed E-state index contributed by atoms with van der Waals surface area (Å²) in [6.45, 7) is -0.241. The van der Waals surface area contributed by atoms with Gasteiger partial charge in [0.2, 0.25) is 0 Å². The number of nitro benzene ring substituents is 1. The number of hydrogen-bond acceptors (Lipinski definition) is 4. The molecule has 1 saturated heterocycles. The van der Waals surface area contributed by atoms with Gasteiger partial charge in [0.05, 0.1) is 11.5 Å². The average Bonchev–Trinajstić information content (AvgIpc) is 2.36. The van der Waals surface area contributed by atoms with Crippen molar-refractivity contribution in [1.82, 2.24) is 0 Å². The molecule has 1 aliphatic heterocycles. The zero-order chi connectivity index (χ0) is 14.0. The quantitative estimate of drug-likeness (QED) is 0.481. The molecule has 1 aromatic carbocycles. The Morgan fingerprint density at radius 2 is 2.16 bits per heavy atom. The van der Waals surface area contributed by atoms with E-state index < -0.39 is 17.4 Å². The van der Waals surface area contributed by atoms with Crippen LogP contribution in [0.5, 0.6) is 0 Å². The number of halogens is 2. The third kappa shape index (κ3) is 2.86. The van der Waals surface area contributed by atoms with Crippen LogP contribution >= 0.6 is 0 Å². The van der Waals surface area contributed by atoms with E-state index in [2.05, 4.69) is 0 Å². The lowest BCUT2D eigenvalue weighted by molar-refractivity contribution is -0.384. The van der Waals surface area contributed by atoms with Crippen LogP contribution in [0.15, 0.2) is 18.2 Å². The Morgan fingerprint density at radius 3 is 2.74 bits per heavy atom. The lowest BCUT2D eigenvalue weighted by Gasteiger charge is -2.33. The van der Waals surface area contributed by atoms with Crippen LogP contribution in [-0.2, 0) is 0 Å². The summed E-state index contributed by atoms with van der Waals surface area (Å²) in [4.78, 5) is 22.3. The van der Waals surface area contributed by atoms with Crippen molar-refractivity contribution in [3.05, 3.63) is 33.9 Å². The van der Waals surface area contributed by atoms with Crippen molar-refractivity contribution in [2.75, 3.05) is 18.0 Å². The number of alkyl halides is 2. The van der Waals surface area contributed by atoms with E-state index in [0.717, 1.165) is 0 Å². The molecule has 1 heterocycles. The van der Waals surface area contributed by atoms with Crippen LogP contribution in [0.1, 0.15) is 23.2 Å². The van der Waals surface area contributed by atoms with Crippen molar-refractivity contribution in [3.8, 4) is 0 Å². The van der Waals surface area contributed by atoms with E-state index in [0.29, 0.717) is 12.8 Å². The highest BCUT2D eigenvalue weighted by Crippen LogP contribution is 2.35. The van der Waals surface area contributed by atoms with Crippen LogP contribution in [-0.4, -0.2) is 30.2 Å². The predicted molar refractivity (Wildman–Crippen MR) is 64.9 cm³/mol. The lowest BCUT2D eigenvalue weighted by Crippen LogP contribution is -2.42. The molecule has 0 atom stereocenters. The minimum absolute atomic E-state index is 0.0778. The van der Waals surface area contributed by atoms with Gasteiger partial charge >= 0.3 is 0 Å². The van der Waals surface area contributed by atoms with Gasteiger partial charge < -0.3 is 4.90 Å². The molecule has 0 saturated carbocycles. The molecule has 1 aliphatic rings. The first-order chi connectivity index (χ1) is 8.93. The fourth-order valence-corrected chi connectivity index (χ4v) is 2.19. The van der Waals surface area contributed by atoms with Gasteiger partial charge in [0.15, 0.2) is 0 Å². The molecule has 1 aromatic rings. The Labute approximate surface area is 108 Å². The van der Waals surface area contributed by atoms with E-state index in [1.54, 1.807) is 0 Å². The summed E-state index contributed by atoms with van der Waals surface area (Å²) in [5.41, 5.74) is 0.0479. The number of rotatable bonds is 3. The molecule has 0 aliphatic carbocycles. The summed E-state index contributed by atoms with van der Waals surface area (Å²) < 4.78 is 26.7. The van der Waals surface area contributed by atoms with E-state index >= 15 is 0 Å². The molecule has 0 radical (unpaired) electrons. The number of anilines is 1. The highest BCUT2D eigenvalue weighted by Gasteiger charge is 2.37. The molecule has 0 bridgehead atoms. The molecular formula is C12H12F2N2O3. The Morgan fingerprint density at radius 1 is 1.42 bits per heavy atom. The molecule has 0 amide bonds. The first-order valence-corrected chi connectivity index (χ1v) is 5.79. The highest BCUT2D eigenvalue weighted by atomic mass is 19.3. The molecule has 0 unspecified atom stereocenters. The van der Waals surface area contributed by atoms with E-state index in [9.17, 15) is 23.7 Å². The molecule has 19 heavy (non-hydrogen) atoms. The van der Waals surface area contributed by atoms with Crippen molar-refractivity contribution >= 4 is 17.7 Å². The number of nitro groups is 1. The summed E-state index contributed by atoms with van der Waals surface area (Å²) in [6.07, 6.45) is 0.579. The lowest BCUT2D eigenvalue weighted by atomic mass is 10.1. The number of carbonyl (C=O) groups excluding carboxylic acids is 1. The first-order valence-electron chi connectivity index (χ1n) is 5.79. The topological polar surface area (TPSA) is 63.4 Å². The normalized spacial score (nSPS) is 18.1. The maximum Gasteiger partial charge on any atom is 0.292 e. The van der Waals surface area contributed by atoms with Gasteiger partial charge in [0, 0.05) is 24.6 Å². The predicted octanol–water partition coefficient (Wildman–Crippen LogP) is 2.64. The van der Waals surface area contributed by atoms with Crippen LogP contribution in [0.3, 0.4) is 0 Å². The van der Waals surface area contributed by atoms with Gasteiger partial charge in [-0.25, -0.2) is 8.78 Å². The Kier molecular flexibility index (Phi) is 3.46. The van der Waals surface area contributed by atoms with Crippen molar-refractivity contribution in [3.63, 3.8) is 0 Å². The zero-order valence-corrected chi connectivity index (χ0v) is 10.0. The van der Waals surface area contributed by atoms with Crippen molar-refractivity contribution in [2.24, 2.45) is 0 Å². The number of benzene rings is 1. The van der Waals surface area contributed by atoms with E-state index in [4.69, 9.17) is 0 Å². The van der Waals surface area contributed by atoms with Gasteiger partial charge in [0.1, 0.15) is 12.0 Å². The maximum atomic E-state index is 13.4. The minimum atomic E-state index is -2.86. The number of aldehydes is 1. The highest BCUT2D eigenvalue weighted by molar-refractivity contribution is 5.80. The van der Waals surface area contributed by atoms with E-state index in [1.165, 1.54) is 23.1 Å². The van der Waals surface area contributed by atoms with Gasteiger partial charge in [-0.05, 0) is 18.6 Å². The third-order valence-electron chi connectivity index (χ3n) is 3.07. The summed E-state index contributed by atoms with van der Waals surface area (Å²) in [7, 11) is 0. The number of nitrogens with zero attached hydrogens (tertiary/aromatic N) is 2. The molecule has 0 aromatic heterocycles. The van der Waals surface area contributed by atoms with Crippen molar-refractivity contribution in [2.45, 2.75) is 18.8 Å². The van der Waals surface area contributed by atoms with Crippen LogP contribution in [0, 0.1) is 10.1 Å². The van der Waals surface area contributed by atoms with Crippen LogP contribution in [0.25, 0.3) is 0 Å². The molecule has 2 rings (SSSR count). The van der Waals surface area contributed by atoms with Gasteiger partial charge in [0.25, 0.3) is 11.6 Å². The summed E-state index contributed by atoms with van der Waals surface area (Å²) in [5.74, 6) is -2.86. The second-order valence-corrected chi connectivity index (χ2v) is 4.50. The Hall–Kier alpha value is -2.05. The molecular weight excluding hydrogens is 258 g/mol. The van der Waals surface area contributed by atoms with Gasteiger partial charge in [-0.3, -0.25) is 14.9 Å². The van der Waals surface area contributed by atoms with Crippen molar-refractivity contribution in [1.29, 1.82) is 0 Å².